The van der Waals surface area contributed by atoms with E-state index in [1.807, 2.05) is 13.8 Å². The summed E-state index contributed by atoms with van der Waals surface area (Å²) in [4.78, 5) is 23.3. The lowest BCUT2D eigenvalue weighted by Crippen LogP contribution is -2.31. The molecule has 0 radical (unpaired) electrons. The predicted molar refractivity (Wildman–Crippen MR) is 81.8 cm³/mol. The Morgan fingerprint density at radius 1 is 1.23 bits per heavy atom. The van der Waals surface area contributed by atoms with Gasteiger partial charge in [0.25, 0.3) is 5.91 Å². The first-order valence-electron chi connectivity index (χ1n) is 7.19. The SMILES string of the molecule is CCC(=O)c1ccc(OCC(=O)N[C@@H](C)c2ccco2)cc1. The van der Waals surface area contributed by atoms with E-state index in [0.717, 1.165) is 0 Å². The van der Waals surface area contributed by atoms with Crippen LogP contribution in [0.15, 0.2) is 47.1 Å². The van der Waals surface area contributed by atoms with Crippen LogP contribution in [0, 0.1) is 0 Å². The minimum Gasteiger partial charge on any atom is -0.484 e. The van der Waals surface area contributed by atoms with Crippen LogP contribution >= 0.6 is 0 Å². The number of nitrogens with one attached hydrogen (secondary N) is 1. The van der Waals surface area contributed by atoms with Crippen LogP contribution in [0.2, 0.25) is 0 Å². The first-order valence-corrected chi connectivity index (χ1v) is 7.19. The lowest BCUT2D eigenvalue weighted by Gasteiger charge is -2.12. The topological polar surface area (TPSA) is 68.5 Å². The number of ether oxygens (including phenoxy) is 1. The highest BCUT2D eigenvalue weighted by atomic mass is 16.5. The van der Waals surface area contributed by atoms with Gasteiger partial charge in [0, 0.05) is 12.0 Å². The molecular weight excluding hydrogens is 282 g/mol. The maximum absolute atomic E-state index is 11.8. The van der Waals surface area contributed by atoms with Gasteiger partial charge in [-0.2, -0.15) is 0 Å². The molecule has 0 fully saturated rings. The number of Topliss-reactive ketones (excluding diaryl/α,β-unsaturated/α-hetero) is 1. The van der Waals surface area contributed by atoms with Crippen LogP contribution in [0.5, 0.6) is 5.75 Å². The maximum atomic E-state index is 11.8. The normalized spacial score (nSPS) is 11.7. The zero-order chi connectivity index (χ0) is 15.9. The molecule has 1 N–H and O–H groups in total. The van der Waals surface area contributed by atoms with E-state index in [1.165, 1.54) is 0 Å². The highest BCUT2D eigenvalue weighted by Gasteiger charge is 2.12. The molecule has 116 valence electrons. The van der Waals surface area contributed by atoms with Gasteiger partial charge in [-0.25, -0.2) is 0 Å². The van der Waals surface area contributed by atoms with Crippen LogP contribution in [0.4, 0.5) is 0 Å². The van der Waals surface area contributed by atoms with Gasteiger partial charge in [0.05, 0.1) is 12.3 Å². The van der Waals surface area contributed by atoms with Gasteiger partial charge in [0.15, 0.2) is 12.4 Å². The zero-order valence-corrected chi connectivity index (χ0v) is 12.7. The lowest BCUT2D eigenvalue weighted by atomic mass is 10.1. The van der Waals surface area contributed by atoms with Crippen molar-refractivity contribution in [3.8, 4) is 5.75 Å². The van der Waals surface area contributed by atoms with E-state index in [2.05, 4.69) is 5.32 Å². The average Bonchev–Trinajstić information content (AvgIpc) is 3.07. The van der Waals surface area contributed by atoms with Crippen molar-refractivity contribution in [3.05, 3.63) is 54.0 Å². The number of ketones is 1. The van der Waals surface area contributed by atoms with E-state index in [-0.39, 0.29) is 24.3 Å². The number of rotatable bonds is 7. The Morgan fingerprint density at radius 2 is 1.95 bits per heavy atom. The summed E-state index contributed by atoms with van der Waals surface area (Å²) in [6.07, 6.45) is 2.03. The molecule has 0 aliphatic carbocycles. The number of furan rings is 1. The van der Waals surface area contributed by atoms with Gasteiger partial charge >= 0.3 is 0 Å². The fraction of sp³-hybridized carbons (Fsp3) is 0.294. The van der Waals surface area contributed by atoms with Gasteiger partial charge in [-0.05, 0) is 43.3 Å². The monoisotopic (exact) mass is 301 g/mol. The first kappa shape index (κ1) is 15.8. The van der Waals surface area contributed by atoms with E-state index < -0.39 is 0 Å². The Balaban J connectivity index is 1.82. The number of benzene rings is 1. The second-order valence-electron chi connectivity index (χ2n) is 4.89. The van der Waals surface area contributed by atoms with Crippen molar-refractivity contribution in [1.29, 1.82) is 0 Å². The third kappa shape index (κ3) is 4.22. The molecule has 0 bridgehead atoms. The fourth-order valence-electron chi connectivity index (χ4n) is 1.98. The van der Waals surface area contributed by atoms with Gasteiger partial charge in [-0.1, -0.05) is 6.92 Å². The molecule has 0 spiro atoms. The summed E-state index contributed by atoms with van der Waals surface area (Å²) in [6.45, 7) is 3.56. The van der Waals surface area contributed by atoms with E-state index >= 15 is 0 Å². The standard InChI is InChI=1S/C17H19NO4/c1-3-15(19)13-6-8-14(9-7-13)22-11-17(20)18-12(2)16-5-4-10-21-16/h4-10,12H,3,11H2,1-2H3,(H,18,20)/t12-/m0/s1. The molecule has 2 aromatic rings. The van der Waals surface area contributed by atoms with E-state index in [1.54, 1.807) is 42.7 Å². The summed E-state index contributed by atoms with van der Waals surface area (Å²) in [6, 6.07) is 10.1. The molecule has 5 heteroatoms. The van der Waals surface area contributed by atoms with Crippen LogP contribution in [0.25, 0.3) is 0 Å². The van der Waals surface area contributed by atoms with Crippen LogP contribution in [-0.4, -0.2) is 18.3 Å². The van der Waals surface area contributed by atoms with Crippen molar-refractivity contribution >= 4 is 11.7 Å². The Morgan fingerprint density at radius 3 is 2.55 bits per heavy atom. The number of carbonyl (C=O) groups excluding carboxylic acids is 2. The van der Waals surface area contributed by atoms with Gasteiger partial charge in [-0.3, -0.25) is 9.59 Å². The molecule has 1 atom stereocenters. The third-order valence-electron chi connectivity index (χ3n) is 3.21. The third-order valence-corrected chi connectivity index (χ3v) is 3.21. The summed E-state index contributed by atoms with van der Waals surface area (Å²) >= 11 is 0. The van der Waals surface area contributed by atoms with Crippen molar-refractivity contribution in [2.45, 2.75) is 26.3 Å². The molecule has 22 heavy (non-hydrogen) atoms. The van der Waals surface area contributed by atoms with Gasteiger partial charge in [-0.15, -0.1) is 0 Å². The summed E-state index contributed by atoms with van der Waals surface area (Å²) in [5.74, 6) is 1.08. The van der Waals surface area contributed by atoms with Gasteiger partial charge in [0.1, 0.15) is 11.5 Å². The predicted octanol–water partition coefficient (Wildman–Crippen LogP) is 3.13. The first-order chi connectivity index (χ1) is 10.6. The van der Waals surface area contributed by atoms with Crippen LogP contribution in [-0.2, 0) is 4.79 Å². The molecule has 1 aromatic heterocycles. The van der Waals surface area contributed by atoms with Crippen molar-refractivity contribution in [2.75, 3.05) is 6.61 Å². The summed E-state index contributed by atoms with van der Waals surface area (Å²) in [5, 5.41) is 2.78. The maximum Gasteiger partial charge on any atom is 0.258 e. The summed E-state index contributed by atoms with van der Waals surface area (Å²) in [7, 11) is 0. The van der Waals surface area contributed by atoms with Crippen LogP contribution in [0.3, 0.4) is 0 Å². The number of hydrogen-bond donors (Lipinski definition) is 1. The zero-order valence-electron chi connectivity index (χ0n) is 12.7. The molecular formula is C17H19NO4. The molecule has 1 aromatic carbocycles. The Labute approximate surface area is 129 Å². The van der Waals surface area contributed by atoms with E-state index in [9.17, 15) is 9.59 Å². The van der Waals surface area contributed by atoms with Crippen molar-refractivity contribution in [3.63, 3.8) is 0 Å². The minimum atomic E-state index is -0.238. The molecule has 0 unspecified atom stereocenters. The van der Waals surface area contributed by atoms with E-state index in [4.69, 9.17) is 9.15 Å². The molecule has 0 aliphatic rings. The van der Waals surface area contributed by atoms with Crippen molar-refractivity contribution in [1.82, 2.24) is 5.32 Å². The molecule has 1 heterocycles. The number of carbonyl (C=O) groups is 2. The second-order valence-corrected chi connectivity index (χ2v) is 4.89. The van der Waals surface area contributed by atoms with Gasteiger partial charge < -0.3 is 14.5 Å². The van der Waals surface area contributed by atoms with Gasteiger partial charge in [0.2, 0.25) is 0 Å². The molecule has 0 saturated heterocycles. The molecule has 2 rings (SSSR count). The lowest BCUT2D eigenvalue weighted by molar-refractivity contribution is -0.123. The highest BCUT2D eigenvalue weighted by Crippen LogP contribution is 2.14. The minimum absolute atomic E-state index is 0.0802. The smallest absolute Gasteiger partial charge is 0.258 e. The quantitative estimate of drug-likeness (QED) is 0.798. The summed E-state index contributed by atoms with van der Waals surface area (Å²) in [5.41, 5.74) is 0.644. The Kier molecular flexibility index (Phi) is 5.36. The second kappa shape index (κ2) is 7.45. The van der Waals surface area contributed by atoms with Crippen molar-refractivity contribution in [2.24, 2.45) is 0 Å². The fourth-order valence-corrected chi connectivity index (χ4v) is 1.98. The number of amides is 1. The molecule has 0 saturated carbocycles. The van der Waals surface area contributed by atoms with Crippen LogP contribution < -0.4 is 10.1 Å². The summed E-state index contributed by atoms with van der Waals surface area (Å²) < 4.78 is 10.6. The van der Waals surface area contributed by atoms with E-state index in [0.29, 0.717) is 23.5 Å². The highest BCUT2D eigenvalue weighted by molar-refractivity contribution is 5.95. The van der Waals surface area contributed by atoms with Crippen LogP contribution in [0.1, 0.15) is 42.4 Å². The number of hydrogen-bond acceptors (Lipinski definition) is 4. The molecule has 5 nitrogen and oxygen atoms in total. The molecule has 0 aliphatic heterocycles. The molecule has 1 amide bonds. The largest absolute Gasteiger partial charge is 0.484 e. The average molecular weight is 301 g/mol. The van der Waals surface area contributed by atoms with Crippen molar-refractivity contribution < 1.29 is 18.7 Å². The Hall–Kier alpha value is -2.56. The Bertz CT molecular complexity index is 617.